The van der Waals surface area contributed by atoms with Crippen molar-refractivity contribution in [3.8, 4) is 11.3 Å². The van der Waals surface area contributed by atoms with Crippen LogP contribution in [0.4, 0.5) is 13.2 Å². The van der Waals surface area contributed by atoms with Gasteiger partial charge < -0.3 is 9.88 Å². The van der Waals surface area contributed by atoms with Crippen LogP contribution in [0, 0.1) is 0 Å². The number of halogens is 3. The van der Waals surface area contributed by atoms with Crippen molar-refractivity contribution < 1.29 is 18.0 Å². The molecule has 4 rings (SSSR count). The molecule has 1 aliphatic rings. The first kappa shape index (κ1) is 19.8. The van der Waals surface area contributed by atoms with E-state index in [4.69, 9.17) is 0 Å². The number of rotatable bonds is 3. The maximum atomic E-state index is 13.0. The molecule has 30 heavy (non-hydrogen) atoms. The van der Waals surface area contributed by atoms with E-state index < -0.39 is 17.8 Å². The first-order valence-electron chi connectivity index (χ1n) is 9.14. The van der Waals surface area contributed by atoms with Gasteiger partial charge in [0.15, 0.2) is 5.69 Å². The number of hydrogen-bond donors (Lipinski definition) is 1. The number of aromatic nitrogens is 5. The molecule has 4 heterocycles. The third-order valence-electron chi connectivity index (χ3n) is 4.97. The summed E-state index contributed by atoms with van der Waals surface area (Å²) in [7, 11) is 1.14. The highest BCUT2D eigenvalue weighted by molar-refractivity contribution is 5.92. The molecule has 156 valence electrons. The zero-order valence-corrected chi connectivity index (χ0v) is 15.8. The van der Waals surface area contributed by atoms with Crippen LogP contribution < -0.4 is 5.56 Å². The van der Waals surface area contributed by atoms with E-state index in [1.165, 1.54) is 11.0 Å². The highest BCUT2D eigenvalue weighted by Gasteiger charge is 2.37. The number of carbonyl (C=O) groups excluding carboxylic acids is 1. The van der Waals surface area contributed by atoms with Gasteiger partial charge in [0.25, 0.3) is 11.5 Å². The number of carbonyl (C=O) groups is 1. The van der Waals surface area contributed by atoms with Crippen molar-refractivity contribution in [2.45, 2.75) is 18.5 Å². The van der Waals surface area contributed by atoms with Crippen LogP contribution in [0.1, 0.15) is 34.3 Å². The molecule has 0 spiro atoms. The lowest BCUT2D eigenvalue weighted by molar-refractivity contribution is -0.143. The predicted octanol–water partition coefficient (Wildman–Crippen LogP) is 2.21. The molecule has 0 aromatic carbocycles. The van der Waals surface area contributed by atoms with Crippen molar-refractivity contribution in [2.24, 2.45) is 7.05 Å². The molecule has 1 aliphatic heterocycles. The molecule has 0 saturated carbocycles. The van der Waals surface area contributed by atoms with E-state index in [-0.39, 0.29) is 23.7 Å². The Hall–Kier alpha value is -3.50. The molecule has 3 aromatic rings. The van der Waals surface area contributed by atoms with Gasteiger partial charge in [-0.1, -0.05) is 0 Å². The summed E-state index contributed by atoms with van der Waals surface area (Å²) in [5, 5.41) is 3.71. The molecule has 1 N–H and O–H groups in total. The highest BCUT2D eigenvalue weighted by Crippen LogP contribution is 2.31. The number of alkyl halides is 3. The zero-order valence-electron chi connectivity index (χ0n) is 15.8. The van der Waals surface area contributed by atoms with Crippen LogP contribution in [-0.2, 0) is 13.2 Å². The number of hydrogen-bond acceptors (Lipinski definition) is 5. The average Bonchev–Trinajstić information content (AvgIpc) is 3.34. The van der Waals surface area contributed by atoms with E-state index in [0.29, 0.717) is 34.7 Å². The molecule has 0 radical (unpaired) electrons. The predicted molar refractivity (Wildman–Crippen MR) is 99.6 cm³/mol. The van der Waals surface area contributed by atoms with Crippen molar-refractivity contribution in [1.29, 1.82) is 0 Å². The van der Waals surface area contributed by atoms with E-state index in [0.717, 1.165) is 13.1 Å². The molecule has 1 amide bonds. The molecular weight excluding hydrogens is 401 g/mol. The van der Waals surface area contributed by atoms with Gasteiger partial charge >= 0.3 is 6.18 Å². The van der Waals surface area contributed by atoms with Gasteiger partial charge in [-0.25, -0.2) is 4.98 Å². The fourth-order valence-corrected chi connectivity index (χ4v) is 3.50. The van der Waals surface area contributed by atoms with Gasteiger partial charge in [-0.3, -0.25) is 19.3 Å². The monoisotopic (exact) mass is 418 g/mol. The molecule has 3 aromatic heterocycles. The van der Waals surface area contributed by atoms with Crippen molar-refractivity contribution in [3.63, 3.8) is 0 Å². The maximum Gasteiger partial charge on any atom is 0.433 e. The van der Waals surface area contributed by atoms with E-state index in [1.807, 2.05) is 0 Å². The molecule has 11 heteroatoms. The number of amides is 1. The first-order valence-corrected chi connectivity index (χ1v) is 9.14. The first-order chi connectivity index (χ1) is 14.2. The second kappa shape index (κ2) is 7.39. The van der Waals surface area contributed by atoms with Crippen LogP contribution in [0.15, 0.2) is 41.5 Å². The van der Waals surface area contributed by atoms with Gasteiger partial charge in [-0.05, 0) is 18.6 Å². The van der Waals surface area contributed by atoms with Crippen molar-refractivity contribution in [3.05, 3.63) is 64.2 Å². The Morgan fingerprint density at radius 2 is 2.10 bits per heavy atom. The van der Waals surface area contributed by atoms with Crippen molar-refractivity contribution in [1.82, 2.24) is 29.6 Å². The largest absolute Gasteiger partial charge is 0.433 e. The Balaban J connectivity index is 1.55. The fourth-order valence-electron chi connectivity index (χ4n) is 3.50. The summed E-state index contributed by atoms with van der Waals surface area (Å²) < 4.78 is 39.6. The van der Waals surface area contributed by atoms with Gasteiger partial charge in [0, 0.05) is 56.1 Å². The number of pyridine rings is 1. The number of nitrogens with zero attached hydrogens (tertiary/aromatic N) is 5. The number of aromatic amines is 1. The molecule has 0 aliphatic carbocycles. The smallest absolute Gasteiger partial charge is 0.336 e. The summed E-state index contributed by atoms with van der Waals surface area (Å²) in [6.07, 6.45) is -0.872. The van der Waals surface area contributed by atoms with Gasteiger partial charge in [-0.2, -0.15) is 18.3 Å². The Bertz CT molecular complexity index is 1140. The van der Waals surface area contributed by atoms with E-state index in [2.05, 4.69) is 20.1 Å². The summed E-state index contributed by atoms with van der Waals surface area (Å²) >= 11 is 0. The SMILES string of the molecule is Cn1nc(C(=O)N2CC[C@H](c3nc(-c4cccnc4)cc(=O)[nH]3)C2)cc1C(F)(F)F. The lowest BCUT2D eigenvalue weighted by Crippen LogP contribution is -2.29. The van der Waals surface area contributed by atoms with Gasteiger partial charge in [0.05, 0.1) is 5.69 Å². The minimum atomic E-state index is -4.59. The molecule has 0 bridgehead atoms. The number of aryl methyl sites for hydroxylation is 1. The normalized spacial score (nSPS) is 16.8. The minimum absolute atomic E-state index is 0.218. The van der Waals surface area contributed by atoms with E-state index in [9.17, 15) is 22.8 Å². The molecule has 8 nitrogen and oxygen atoms in total. The lowest BCUT2D eigenvalue weighted by Gasteiger charge is -2.15. The second-order valence-corrected chi connectivity index (χ2v) is 7.03. The molecule has 1 saturated heterocycles. The van der Waals surface area contributed by atoms with E-state index >= 15 is 0 Å². The third-order valence-corrected chi connectivity index (χ3v) is 4.97. The van der Waals surface area contributed by atoms with Crippen LogP contribution in [0.3, 0.4) is 0 Å². The Morgan fingerprint density at radius 3 is 2.77 bits per heavy atom. The standard InChI is InChI=1S/C19H17F3N6O2/c1-27-15(19(20,21)22)7-14(26-27)18(30)28-6-4-12(10-28)17-24-13(8-16(29)25-17)11-3-2-5-23-9-11/h2-3,5,7-9,12H,4,6,10H2,1H3,(H,24,25,29)/t12-/m0/s1. The summed E-state index contributed by atoms with van der Waals surface area (Å²) in [6, 6.07) is 5.63. The number of likely N-dealkylation sites (tertiary alicyclic amines) is 1. The minimum Gasteiger partial charge on any atom is -0.336 e. The second-order valence-electron chi connectivity index (χ2n) is 7.03. The van der Waals surface area contributed by atoms with E-state index in [1.54, 1.807) is 24.5 Å². The third kappa shape index (κ3) is 3.82. The maximum absolute atomic E-state index is 13.0. The Morgan fingerprint density at radius 1 is 1.30 bits per heavy atom. The summed E-state index contributed by atoms with van der Waals surface area (Å²) in [5.41, 5.74) is -0.439. The van der Waals surface area contributed by atoms with Crippen molar-refractivity contribution >= 4 is 5.91 Å². The summed E-state index contributed by atoms with van der Waals surface area (Å²) in [6.45, 7) is 0.540. The molecule has 1 atom stereocenters. The number of H-pyrrole nitrogens is 1. The quantitative estimate of drug-likeness (QED) is 0.704. The molecule has 0 unspecified atom stereocenters. The average molecular weight is 418 g/mol. The summed E-state index contributed by atoms with van der Waals surface area (Å²) in [4.78, 5) is 37.4. The fraction of sp³-hybridized carbons (Fsp3) is 0.316. The van der Waals surface area contributed by atoms with Crippen molar-refractivity contribution in [2.75, 3.05) is 13.1 Å². The summed E-state index contributed by atoms with van der Waals surface area (Å²) in [5.74, 6) is -0.410. The van der Waals surface area contributed by atoms with Crippen LogP contribution in [-0.4, -0.2) is 48.6 Å². The molecular formula is C19H17F3N6O2. The van der Waals surface area contributed by atoms with Crippen LogP contribution in [0.25, 0.3) is 11.3 Å². The zero-order chi connectivity index (χ0) is 21.5. The van der Waals surface area contributed by atoms with Crippen LogP contribution in [0.2, 0.25) is 0 Å². The van der Waals surface area contributed by atoms with Gasteiger partial charge in [0.1, 0.15) is 11.5 Å². The van der Waals surface area contributed by atoms with Crippen LogP contribution >= 0.6 is 0 Å². The van der Waals surface area contributed by atoms with Gasteiger partial charge in [0.2, 0.25) is 0 Å². The van der Waals surface area contributed by atoms with Gasteiger partial charge in [-0.15, -0.1) is 0 Å². The Labute approximate surface area is 168 Å². The highest BCUT2D eigenvalue weighted by atomic mass is 19.4. The Kier molecular flexibility index (Phi) is 4.88. The lowest BCUT2D eigenvalue weighted by atomic mass is 10.1. The molecule has 1 fully saturated rings. The van der Waals surface area contributed by atoms with Crippen LogP contribution in [0.5, 0.6) is 0 Å². The topological polar surface area (TPSA) is 96.8 Å². The number of nitrogens with one attached hydrogen (secondary N) is 1.